The van der Waals surface area contributed by atoms with Crippen LogP contribution in [0.4, 0.5) is 0 Å². The number of nitrogens with zero attached hydrogens (tertiary/aromatic N) is 5. The average molecular weight is 468 g/mol. The van der Waals surface area contributed by atoms with Crippen molar-refractivity contribution in [3.8, 4) is 0 Å². The highest BCUT2D eigenvalue weighted by Gasteiger charge is 2.26. The second-order valence-corrected chi connectivity index (χ2v) is 8.82. The van der Waals surface area contributed by atoms with E-state index in [1.165, 1.54) is 11.0 Å². The molecule has 1 aromatic carbocycles. The number of hydrogen-bond acceptors (Lipinski definition) is 5. The topological polar surface area (TPSA) is 91.4 Å². The maximum absolute atomic E-state index is 13.5. The van der Waals surface area contributed by atoms with E-state index in [0.29, 0.717) is 30.9 Å². The van der Waals surface area contributed by atoms with E-state index < -0.39 is 11.2 Å². The average Bonchev–Trinajstić information content (AvgIpc) is 3.29. The lowest BCUT2D eigenvalue weighted by molar-refractivity contribution is -0.134. The molecule has 0 N–H and O–H groups in total. The number of ether oxygens (including phenoxy) is 1. The molecule has 1 saturated carbocycles. The van der Waals surface area contributed by atoms with Gasteiger partial charge in [-0.2, -0.15) is 0 Å². The molecule has 1 amide bonds. The molecule has 9 heteroatoms. The molecule has 2 aromatic heterocycles. The molecule has 182 valence electrons. The molecule has 9 nitrogen and oxygen atoms in total. The number of methoxy groups -OCH3 is 1. The molecular formula is C25H33N5O4. The largest absolute Gasteiger partial charge is 0.383 e. The Kier molecular flexibility index (Phi) is 7.62. The van der Waals surface area contributed by atoms with Crippen LogP contribution in [0.2, 0.25) is 0 Å². The van der Waals surface area contributed by atoms with E-state index >= 15 is 0 Å². The first-order chi connectivity index (χ1) is 16.5. The molecule has 4 rings (SSSR count). The summed E-state index contributed by atoms with van der Waals surface area (Å²) in [6.45, 7) is 3.31. The second-order valence-electron chi connectivity index (χ2n) is 8.82. The van der Waals surface area contributed by atoms with Crippen molar-refractivity contribution in [2.24, 2.45) is 0 Å². The van der Waals surface area contributed by atoms with Crippen LogP contribution in [0.3, 0.4) is 0 Å². The van der Waals surface area contributed by atoms with Crippen molar-refractivity contribution in [1.29, 1.82) is 0 Å². The third-order valence-corrected chi connectivity index (χ3v) is 6.67. The second kappa shape index (κ2) is 10.8. The standard InChI is InChI=1S/C25H33N5O4/c1-3-28(20-12-8-5-9-13-20)21(31)17-30-24(32)22-23(26-18-27(22)14-15-34-2)29(25(30)33)16-19-10-6-4-7-11-19/h4,6-7,10-11,18,20H,3,5,8-9,12-17H2,1-2H3. The Hall–Kier alpha value is -3.20. The van der Waals surface area contributed by atoms with E-state index in [9.17, 15) is 14.4 Å². The minimum absolute atomic E-state index is 0.171. The third-order valence-electron chi connectivity index (χ3n) is 6.67. The van der Waals surface area contributed by atoms with Crippen LogP contribution < -0.4 is 11.2 Å². The Balaban J connectivity index is 1.77. The first kappa shape index (κ1) is 23.9. The molecule has 34 heavy (non-hydrogen) atoms. The molecule has 0 saturated heterocycles. The number of carbonyl (C=O) groups excluding carboxylic acids is 1. The molecule has 1 aliphatic rings. The van der Waals surface area contributed by atoms with Gasteiger partial charge in [0.25, 0.3) is 5.56 Å². The number of fused-ring (bicyclic) bond motifs is 1. The summed E-state index contributed by atoms with van der Waals surface area (Å²) >= 11 is 0. The van der Waals surface area contributed by atoms with Crippen molar-refractivity contribution in [3.63, 3.8) is 0 Å². The normalized spacial score (nSPS) is 14.5. The van der Waals surface area contributed by atoms with E-state index in [4.69, 9.17) is 4.74 Å². The molecule has 1 fully saturated rings. The smallest absolute Gasteiger partial charge is 0.333 e. The highest BCUT2D eigenvalue weighted by Crippen LogP contribution is 2.22. The fourth-order valence-corrected chi connectivity index (χ4v) is 4.90. The Morgan fingerprint density at radius 3 is 2.53 bits per heavy atom. The minimum atomic E-state index is -0.522. The minimum Gasteiger partial charge on any atom is -0.383 e. The van der Waals surface area contributed by atoms with E-state index in [-0.39, 0.29) is 25.0 Å². The molecule has 0 atom stereocenters. The number of benzene rings is 1. The molecule has 3 aromatic rings. The SMILES string of the molecule is CCN(C(=O)Cn1c(=O)c2c(ncn2CCOC)n(Cc2ccccc2)c1=O)C1CCCCC1. The lowest BCUT2D eigenvalue weighted by Crippen LogP contribution is -2.48. The predicted octanol–water partition coefficient (Wildman–Crippen LogP) is 2.24. The van der Waals surface area contributed by atoms with Crippen molar-refractivity contribution in [3.05, 3.63) is 63.1 Å². The van der Waals surface area contributed by atoms with Gasteiger partial charge in [0.2, 0.25) is 5.91 Å². The van der Waals surface area contributed by atoms with Crippen LogP contribution in [0.25, 0.3) is 11.2 Å². The van der Waals surface area contributed by atoms with Crippen LogP contribution in [0.1, 0.15) is 44.6 Å². The van der Waals surface area contributed by atoms with Crippen LogP contribution in [0, 0.1) is 0 Å². The number of carbonyl (C=O) groups is 1. The number of aromatic nitrogens is 4. The Bertz CT molecular complexity index is 1240. The zero-order valence-corrected chi connectivity index (χ0v) is 20.0. The Morgan fingerprint density at radius 2 is 1.85 bits per heavy atom. The van der Waals surface area contributed by atoms with E-state index in [1.807, 2.05) is 42.2 Å². The van der Waals surface area contributed by atoms with Crippen LogP contribution in [-0.2, 0) is 29.2 Å². The fraction of sp³-hybridized carbons (Fsp3) is 0.520. The van der Waals surface area contributed by atoms with Crippen molar-refractivity contribution < 1.29 is 9.53 Å². The van der Waals surface area contributed by atoms with Gasteiger partial charge in [0.05, 0.1) is 19.5 Å². The quantitative estimate of drug-likeness (QED) is 0.481. The highest BCUT2D eigenvalue weighted by atomic mass is 16.5. The summed E-state index contributed by atoms with van der Waals surface area (Å²) in [7, 11) is 1.59. The fourth-order valence-electron chi connectivity index (χ4n) is 4.90. The van der Waals surface area contributed by atoms with Crippen LogP contribution in [0.15, 0.2) is 46.2 Å². The van der Waals surface area contributed by atoms with Crippen LogP contribution in [0.5, 0.6) is 0 Å². The first-order valence-electron chi connectivity index (χ1n) is 12.1. The number of amides is 1. The summed E-state index contributed by atoms with van der Waals surface area (Å²) < 4.78 is 9.43. The monoisotopic (exact) mass is 467 g/mol. The van der Waals surface area contributed by atoms with Crippen molar-refractivity contribution in [2.75, 3.05) is 20.3 Å². The molecule has 0 bridgehead atoms. The molecule has 0 spiro atoms. The lowest BCUT2D eigenvalue weighted by Gasteiger charge is -2.33. The van der Waals surface area contributed by atoms with E-state index in [1.54, 1.807) is 18.0 Å². The summed E-state index contributed by atoms with van der Waals surface area (Å²) in [6.07, 6.45) is 6.88. The number of hydrogen-bond donors (Lipinski definition) is 0. The Morgan fingerprint density at radius 1 is 1.12 bits per heavy atom. The van der Waals surface area contributed by atoms with E-state index in [2.05, 4.69) is 4.98 Å². The maximum atomic E-state index is 13.5. The van der Waals surface area contributed by atoms with Gasteiger partial charge in [0, 0.05) is 26.2 Å². The molecule has 1 aliphatic carbocycles. The number of likely N-dealkylation sites (N-methyl/N-ethyl adjacent to an activating group) is 1. The van der Waals surface area contributed by atoms with Gasteiger partial charge in [-0.25, -0.2) is 14.3 Å². The van der Waals surface area contributed by atoms with Gasteiger partial charge in [-0.05, 0) is 25.3 Å². The maximum Gasteiger partial charge on any atom is 0.333 e. The number of rotatable bonds is 9. The Labute approximate surface area is 198 Å². The first-order valence-corrected chi connectivity index (χ1v) is 12.1. The molecule has 2 heterocycles. The molecule has 0 unspecified atom stereocenters. The van der Waals surface area contributed by atoms with Gasteiger partial charge in [-0.15, -0.1) is 0 Å². The summed E-state index contributed by atoms with van der Waals surface area (Å²) in [4.78, 5) is 46.6. The zero-order chi connectivity index (χ0) is 24.1. The van der Waals surface area contributed by atoms with Gasteiger partial charge >= 0.3 is 5.69 Å². The van der Waals surface area contributed by atoms with Crippen LogP contribution >= 0.6 is 0 Å². The zero-order valence-electron chi connectivity index (χ0n) is 20.0. The molecule has 0 aliphatic heterocycles. The summed E-state index contributed by atoms with van der Waals surface area (Å²) in [6, 6.07) is 9.72. The molecule has 0 radical (unpaired) electrons. The van der Waals surface area contributed by atoms with Gasteiger partial charge in [0.1, 0.15) is 6.54 Å². The van der Waals surface area contributed by atoms with E-state index in [0.717, 1.165) is 35.8 Å². The highest BCUT2D eigenvalue weighted by molar-refractivity contribution is 5.77. The van der Waals surface area contributed by atoms with Crippen molar-refractivity contribution in [2.45, 2.75) is 64.7 Å². The summed E-state index contributed by atoms with van der Waals surface area (Å²) in [5.41, 5.74) is 0.517. The van der Waals surface area contributed by atoms with Gasteiger partial charge in [0.15, 0.2) is 11.2 Å². The summed E-state index contributed by atoms with van der Waals surface area (Å²) in [5, 5.41) is 0. The predicted molar refractivity (Wildman–Crippen MR) is 130 cm³/mol. The summed E-state index contributed by atoms with van der Waals surface area (Å²) in [5.74, 6) is -0.192. The van der Waals surface area contributed by atoms with Gasteiger partial charge < -0.3 is 14.2 Å². The lowest BCUT2D eigenvalue weighted by atomic mass is 9.94. The van der Waals surface area contributed by atoms with Crippen molar-refractivity contribution in [1.82, 2.24) is 23.6 Å². The van der Waals surface area contributed by atoms with Gasteiger partial charge in [-0.1, -0.05) is 49.6 Å². The third kappa shape index (κ3) is 4.84. The number of imidazole rings is 1. The van der Waals surface area contributed by atoms with Crippen LogP contribution in [-0.4, -0.2) is 55.8 Å². The van der Waals surface area contributed by atoms with Crippen molar-refractivity contribution >= 4 is 17.1 Å². The van der Waals surface area contributed by atoms with Gasteiger partial charge in [-0.3, -0.25) is 14.2 Å². The molecular weight excluding hydrogens is 434 g/mol.